The lowest BCUT2D eigenvalue weighted by Crippen LogP contribution is -2.18. The Labute approximate surface area is 118 Å². The number of aromatic nitrogens is 1. The van der Waals surface area contributed by atoms with Crippen molar-refractivity contribution in [3.63, 3.8) is 0 Å². The van der Waals surface area contributed by atoms with Gasteiger partial charge in [0.1, 0.15) is 0 Å². The summed E-state index contributed by atoms with van der Waals surface area (Å²) in [5.41, 5.74) is 9.67. The molecule has 3 N–H and O–H groups in total. The molecule has 0 saturated carbocycles. The first-order valence-electron chi connectivity index (χ1n) is 6.30. The molecule has 104 valence electrons. The highest BCUT2D eigenvalue weighted by Crippen LogP contribution is 2.19. The van der Waals surface area contributed by atoms with Gasteiger partial charge in [0.15, 0.2) is 5.84 Å². The minimum absolute atomic E-state index is 0.120. The first-order valence-corrected chi connectivity index (χ1v) is 6.30. The predicted octanol–water partition coefficient (Wildman–Crippen LogP) is 2.12. The van der Waals surface area contributed by atoms with Crippen molar-refractivity contribution in [1.82, 2.24) is 4.98 Å². The van der Waals surface area contributed by atoms with Crippen molar-refractivity contribution in [2.75, 3.05) is 11.9 Å². The highest BCUT2D eigenvalue weighted by Gasteiger charge is 2.06. The molecule has 0 amide bonds. The van der Waals surface area contributed by atoms with E-state index >= 15 is 0 Å². The van der Waals surface area contributed by atoms with E-state index in [1.807, 2.05) is 50.5 Å². The molecule has 0 spiro atoms. The molecule has 2 rings (SSSR count). The molecule has 0 saturated heterocycles. The van der Waals surface area contributed by atoms with E-state index in [2.05, 4.69) is 15.0 Å². The molecule has 0 bridgehead atoms. The highest BCUT2D eigenvalue weighted by atomic mass is 16.4. The van der Waals surface area contributed by atoms with Gasteiger partial charge in [0.25, 0.3) is 0 Å². The van der Waals surface area contributed by atoms with Gasteiger partial charge in [0.05, 0.1) is 0 Å². The maximum atomic E-state index is 8.72. The molecular weight excluding hydrogens is 252 g/mol. The SMILES string of the molecule is Cc1cnccc1N(C)Cc1cccc(C(N)=NO)c1. The van der Waals surface area contributed by atoms with E-state index in [4.69, 9.17) is 10.9 Å². The zero-order valence-electron chi connectivity index (χ0n) is 11.6. The Hall–Kier alpha value is -2.56. The number of anilines is 1. The Bertz CT molecular complexity index is 625. The minimum atomic E-state index is 0.120. The van der Waals surface area contributed by atoms with E-state index in [9.17, 15) is 0 Å². The number of pyridine rings is 1. The number of aryl methyl sites for hydroxylation is 1. The fourth-order valence-electron chi connectivity index (χ4n) is 2.14. The fraction of sp³-hybridized carbons (Fsp3) is 0.200. The Morgan fingerprint density at radius 3 is 2.90 bits per heavy atom. The van der Waals surface area contributed by atoms with Gasteiger partial charge in [0, 0.05) is 37.2 Å². The van der Waals surface area contributed by atoms with Gasteiger partial charge in [-0.25, -0.2) is 0 Å². The van der Waals surface area contributed by atoms with Crippen molar-refractivity contribution >= 4 is 11.5 Å². The second kappa shape index (κ2) is 6.06. The van der Waals surface area contributed by atoms with Crippen LogP contribution in [0.3, 0.4) is 0 Å². The number of nitrogens with two attached hydrogens (primary N) is 1. The lowest BCUT2D eigenvalue weighted by Gasteiger charge is -2.21. The van der Waals surface area contributed by atoms with Gasteiger partial charge in [-0.05, 0) is 30.2 Å². The first-order chi connectivity index (χ1) is 9.61. The Morgan fingerprint density at radius 1 is 1.40 bits per heavy atom. The molecule has 0 aliphatic rings. The summed E-state index contributed by atoms with van der Waals surface area (Å²) in [7, 11) is 2.03. The highest BCUT2D eigenvalue weighted by molar-refractivity contribution is 5.97. The van der Waals surface area contributed by atoms with Crippen LogP contribution in [0, 0.1) is 6.92 Å². The zero-order valence-corrected chi connectivity index (χ0v) is 11.6. The smallest absolute Gasteiger partial charge is 0.170 e. The van der Waals surface area contributed by atoms with E-state index in [0.717, 1.165) is 23.4 Å². The van der Waals surface area contributed by atoms with Crippen molar-refractivity contribution < 1.29 is 5.21 Å². The molecule has 0 aliphatic heterocycles. The lowest BCUT2D eigenvalue weighted by atomic mass is 10.1. The van der Waals surface area contributed by atoms with Crippen LogP contribution >= 0.6 is 0 Å². The van der Waals surface area contributed by atoms with Crippen LogP contribution in [0.25, 0.3) is 0 Å². The summed E-state index contributed by atoms with van der Waals surface area (Å²) < 4.78 is 0. The fourth-order valence-corrected chi connectivity index (χ4v) is 2.14. The summed E-state index contributed by atoms with van der Waals surface area (Å²) in [6.45, 7) is 2.77. The van der Waals surface area contributed by atoms with Gasteiger partial charge in [-0.2, -0.15) is 0 Å². The van der Waals surface area contributed by atoms with E-state index in [1.165, 1.54) is 0 Å². The van der Waals surface area contributed by atoms with Gasteiger partial charge >= 0.3 is 0 Å². The number of hydrogen-bond acceptors (Lipinski definition) is 4. The van der Waals surface area contributed by atoms with Gasteiger partial charge in [0.2, 0.25) is 0 Å². The molecule has 1 aromatic heterocycles. The molecule has 1 aromatic carbocycles. The molecule has 2 aromatic rings. The summed E-state index contributed by atoms with van der Waals surface area (Å²) in [5, 5.41) is 11.7. The van der Waals surface area contributed by atoms with Crippen molar-refractivity contribution in [3.05, 3.63) is 59.4 Å². The van der Waals surface area contributed by atoms with E-state index in [1.54, 1.807) is 6.20 Å². The number of nitrogens with zero attached hydrogens (tertiary/aromatic N) is 3. The van der Waals surface area contributed by atoms with Crippen molar-refractivity contribution in [2.24, 2.45) is 10.9 Å². The summed E-state index contributed by atoms with van der Waals surface area (Å²) in [4.78, 5) is 6.24. The van der Waals surface area contributed by atoms with Crippen LogP contribution in [0.5, 0.6) is 0 Å². The van der Waals surface area contributed by atoms with Crippen LogP contribution < -0.4 is 10.6 Å². The maximum absolute atomic E-state index is 8.72. The molecule has 0 unspecified atom stereocenters. The molecule has 1 heterocycles. The van der Waals surface area contributed by atoms with E-state index < -0.39 is 0 Å². The van der Waals surface area contributed by atoms with Crippen LogP contribution in [0.4, 0.5) is 5.69 Å². The normalized spacial score (nSPS) is 11.4. The lowest BCUT2D eigenvalue weighted by molar-refractivity contribution is 0.318. The zero-order chi connectivity index (χ0) is 14.5. The largest absolute Gasteiger partial charge is 0.409 e. The summed E-state index contributed by atoms with van der Waals surface area (Å²) in [5.74, 6) is 0.120. The van der Waals surface area contributed by atoms with Crippen LogP contribution in [-0.2, 0) is 6.54 Å². The average molecular weight is 270 g/mol. The third-order valence-corrected chi connectivity index (χ3v) is 3.15. The maximum Gasteiger partial charge on any atom is 0.170 e. The summed E-state index contributed by atoms with van der Waals surface area (Å²) in [6, 6.07) is 9.64. The summed E-state index contributed by atoms with van der Waals surface area (Å²) >= 11 is 0. The van der Waals surface area contributed by atoms with Crippen LogP contribution in [0.1, 0.15) is 16.7 Å². The standard InChI is InChI=1S/C15H18N4O/c1-11-9-17-7-6-14(11)19(2)10-12-4-3-5-13(8-12)15(16)18-20/h3-9,20H,10H2,1-2H3,(H2,16,18). The Kier molecular flexibility index (Phi) is 4.20. The minimum Gasteiger partial charge on any atom is -0.409 e. The van der Waals surface area contributed by atoms with Crippen molar-refractivity contribution in [3.8, 4) is 0 Å². The second-order valence-electron chi connectivity index (χ2n) is 4.70. The van der Waals surface area contributed by atoms with Crippen LogP contribution in [0.15, 0.2) is 47.9 Å². The molecule has 5 heteroatoms. The quantitative estimate of drug-likeness (QED) is 0.386. The first kappa shape index (κ1) is 13.9. The third kappa shape index (κ3) is 3.06. The number of amidine groups is 1. The van der Waals surface area contributed by atoms with Crippen molar-refractivity contribution in [1.29, 1.82) is 0 Å². The number of benzene rings is 1. The number of rotatable bonds is 4. The molecular formula is C15H18N4O. The molecule has 0 aliphatic carbocycles. The Balaban J connectivity index is 2.20. The predicted molar refractivity (Wildman–Crippen MR) is 80.0 cm³/mol. The number of oxime groups is 1. The van der Waals surface area contributed by atoms with Gasteiger partial charge < -0.3 is 15.8 Å². The van der Waals surface area contributed by atoms with Crippen LogP contribution in [0.2, 0.25) is 0 Å². The molecule has 0 fully saturated rings. The molecule has 0 radical (unpaired) electrons. The number of hydrogen-bond donors (Lipinski definition) is 2. The van der Waals surface area contributed by atoms with Gasteiger partial charge in [-0.15, -0.1) is 0 Å². The van der Waals surface area contributed by atoms with Crippen LogP contribution in [-0.4, -0.2) is 23.1 Å². The average Bonchev–Trinajstić information content (AvgIpc) is 2.47. The van der Waals surface area contributed by atoms with E-state index in [-0.39, 0.29) is 5.84 Å². The van der Waals surface area contributed by atoms with Gasteiger partial charge in [-0.3, -0.25) is 4.98 Å². The molecule has 5 nitrogen and oxygen atoms in total. The molecule has 0 atom stereocenters. The van der Waals surface area contributed by atoms with Gasteiger partial charge in [-0.1, -0.05) is 23.4 Å². The third-order valence-electron chi connectivity index (χ3n) is 3.15. The monoisotopic (exact) mass is 270 g/mol. The molecule has 20 heavy (non-hydrogen) atoms. The second-order valence-corrected chi connectivity index (χ2v) is 4.70. The summed E-state index contributed by atoms with van der Waals surface area (Å²) in [6.07, 6.45) is 3.63. The van der Waals surface area contributed by atoms with Crippen molar-refractivity contribution in [2.45, 2.75) is 13.5 Å². The Morgan fingerprint density at radius 2 is 2.20 bits per heavy atom. The van der Waals surface area contributed by atoms with E-state index in [0.29, 0.717) is 5.56 Å². The topological polar surface area (TPSA) is 74.7 Å².